The number of amides is 2. The molecule has 11 heteroatoms. The summed E-state index contributed by atoms with van der Waals surface area (Å²) >= 11 is 0. The molecule has 254 valence electrons. The first kappa shape index (κ1) is 32.2. The molecule has 7 rings (SSSR count). The van der Waals surface area contributed by atoms with Crippen molar-refractivity contribution in [3.63, 3.8) is 0 Å². The van der Waals surface area contributed by atoms with Gasteiger partial charge in [0.05, 0.1) is 24.0 Å². The third kappa shape index (κ3) is 6.93. The molecule has 3 aliphatic heterocycles. The molecule has 4 heterocycles. The number of ether oxygens (including phenoxy) is 2. The number of methoxy groups -OCH3 is 1. The van der Waals surface area contributed by atoms with Crippen molar-refractivity contribution >= 4 is 34.8 Å². The van der Waals surface area contributed by atoms with Crippen molar-refractivity contribution in [3.8, 4) is 5.75 Å². The Morgan fingerprint density at radius 3 is 2.40 bits per heavy atom. The van der Waals surface area contributed by atoms with Crippen LogP contribution in [0.1, 0.15) is 68.6 Å². The topological polar surface area (TPSA) is 103 Å². The van der Waals surface area contributed by atoms with Crippen molar-refractivity contribution in [1.82, 2.24) is 20.1 Å². The average molecular weight is 646 g/mol. The number of likely N-dealkylation sites (N-methyl/N-ethyl adjacent to an activating group) is 1. The van der Waals surface area contributed by atoms with Gasteiger partial charge in [-0.05, 0) is 88.5 Å². The number of para-hydroxylation sites is 1. The van der Waals surface area contributed by atoms with Crippen LogP contribution in [0.5, 0.6) is 5.75 Å². The normalized spacial score (nSPS) is 26.2. The highest BCUT2D eigenvalue weighted by atomic mass is 16.5. The molecule has 2 saturated heterocycles. The molecule has 0 radical (unpaired) electrons. The van der Waals surface area contributed by atoms with Gasteiger partial charge in [0.2, 0.25) is 5.91 Å². The van der Waals surface area contributed by atoms with Crippen molar-refractivity contribution in [2.75, 3.05) is 75.2 Å². The summed E-state index contributed by atoms with van der Waals surface area (Å²) in [4.78, 5) is 41.0. The number of nitrogens with one attached hydrogen (secondary N) is 2. The molecule has 1 aromatic heterocycles. The highest BCUT2D eigenvalue weighted by Crippen LogP contribution is 2.39. The van der Waals surface area contributed by atoms with Crippen LogP contribution >= 0.6 is 0 Å². The zero-order valence-electron chi connectivity index (χ0n) is 28.2. The van der Waals surface area contributed by atoms with Crippen LogP contribution in [0.4, 0.5) is 23.0 Å². The predicted molar refractivity (Wildman–Crippen MR) is 184 cm³/mol. The van der Waals surface area contributed by atoms with Gasteiger partial charge in [0.15, 0.2) is 11.6 Å². The summed E-state index contributed by atoms with van der Waals surface area (Å²) in [5.41, 5.74) is 1.96. The Morgan fingerprint density at radius 1 is 0.957 bits per heavy atom. The standard InChI is InChI=1S/C36H51N7O4/c1-24-36(45)40(2)31-13-14-32(39-34(31)43(24)28-15-21-47-22-16-28)38-30-6-4-5-29(33(30)46-3)35(44)37-26-9-11-27(12-10-26)42-19-17-41(18-20-42)23-25-7-8-25/h4-6,13-14,24-28H,7-12,15-23H2,1-3H3,(H,37,44)(H,38,39)/t24-,26-,27-/m1/s1. The summed E-state index contributed by atoms with van der Waals surface area (Å²) in [7, 11) is 3.41. The lowest BCUT2D eigenvalue weighted by atomic mass is 9.89. The SMILES string of the molecule is COc1c(Nc2ccc3c(n2)N(C2CCOCC2)[C@H](C)C(=O)N3C)cccc1C(=O)N[C@H]1CC[C@H](N2CCN(CC3CC3)CC2)CC1. The molecule has 11 nitrogen and oxygen atoms in total. The van der Waals surface area contributed by atoms with E-state index >= 15 is 0 Å². The van der Waals surface area contributed by atoms with E-state index in [4.69, 9.17) is 14.5 Å². The Labute approximate surface area is 278 Å². The fraction of sp³-hybridized carbons (Fsp3) is 0.639. The van der Waals surface area contributed by atoms with Gasteiger partial charge in [-0.15, -0.1) is 0 Å². The number of carbonyl (C=O) groups excluding carboxylic acids is 2. The molecule has 0 spiro atoms. The van der Waals surface area contributed by atoms with Gasteiger partial charge in [-0.1, -0.05) is 6.07 Å². The maximum Gasteiger partial charge on any atom is 0.255 e. The Morgan fingerprint density at radius 2 is 1.70 bits per heavy atom. The number of fused-ring (bicyclic) bond motifs is 1. The van der Waals surface area contributed by atoms with Crippen LogP contribution in [0.3, 0.4) is 0 Å². The van der Waals surface area contributed by atoms with E-state index in [1.165, 1.54) is 45.6 Å². The number of piperazine rings is 1. The van der Waals surface area contributed by atoms with Crippen molar-refractivity contribution in [3.05, 3.63) is 35.9 Å². The number of hydrogen-bond donors (Lipinski definition) is 2. The Hall–Kier alpha value is -3.41. The maximum atomic E-state index is 13.6. The molecule has 0 bridgehead atoms. The number of anilines is 4. The van der Waals surface area contributed by atoms with E-state index in [-0.39, 0.29) is 29.9 Å². The molecule has 4 fully saturated rings. The van der Waals surface area contributed by atoms with E-state index in [9.17, 15) is 9.59 Å². The van der Waals surface area contributed by atoms with Crippen LogP contribution in [0, 0.1) is 5.92 Å². The number of hydrogen-bond acceptors (Lipinski definition) is 9. The minimum atomic E-state index is -0.322. The monoisotopic (exact) mass is 645 g/mol. The van der Waals surface area contributed by atoms with Crippen molar-refractivity contribution < 1.29 is 19.1 Å². The molecule has 0 unspecified atom stereocenters. The fourth-order valence-corrected chi connectivity index (χ4v) is 8.11. The maximum absolute atomic E-state index is 13.6. The third-order valence-corrected chi connectivity index (χ3v) is 11.0. The lowest BCUT2D eigenvalue weighted by molar-refractivity contribution is -0.119. The Balaban J connectivity index is 1.00. The average Bonchev–Trinajstić information content (AvgIpc) is 3.92. The second-order valence-corrected chi connectivity index (χ2v) is 14.1. The van der Waals surface area contributed by atoms with E-state index in [1.54, 1.807) is 12.0 Å². The van der Waals surface area contributed by atoms with Crippen LogP contribution in [-0.4, -0.2) is 111 Å². The summed E-state index contributed by atoms with van der Waals surface area (Å²) in [6, 6.07) is 10.1. The number of pyridine rings is 1. The van der Waals surface area contributed by atoms with Gasteiger partial charge in [0.1, 0.15) is 11.9 Å². The second kappa shape index (κ2) is 14.0. The van der Waals surface area contributed by atoms with Gasteiger partial charge in [-0.25, -0.2) is 4.98 Å². The Bertz CT molecular complexity index is 1430. The smallest absolute Gasteiger partial charge is 0.255 e. The molecule has 2 amide bonds. The summed E-state index contributed by atoms with van der Waals surface area (Å²) < 4.78 is 11.4. The first-order valence-corrected chi connectivity index (χ1v) is 17.8. The molecule has 47 heavy (non-hydrogen) atoms. The molecular weight excluding hydrogens is 594 g/mol. The van der Waals surface area contributed by atoms with E-state index in [1.807, 2.05) is 44.3 Å². The summed E-state index contributed by atoms with van der Waals surface area (Å²) in [5.74, 6) is 2.80. The van der Waals surface area contributed by atoms with Gasteiger partial charge < -0.3 is 34.8 Å². The molecule has 5 aliphatic rings. The van der Waals surface area contributed by atoms with Crippen molar-refractivity contribution in [2.45, 2.75) is 82.5 Å². The summed E-state index contributed by atoms with van der Waals surface area (Å²) in [6.07, 6.45) is 8.79. The minimum absolute atomic E-state index is 0.0577. The van der Waals surface area contributed by atoms with Crippen LogP contribution in [0.2, 0.25) is 0 Å². The van der Waals surface area contributed by atoms with Crippen molar-refractivity contribution in [2.24, 2.45) is 5.92 Å². The van der Waals surface area contributed by atoms with Crippen LogP contribution in [0.25, 0.3) is 0 Å². The molecule has 2 N–H and O–H groups in total. The summed E-state index contributed by atoms with van der Waals surface area (Å²) in [6.45, 7) is 9.34. The van der Waals surface area contributed by atoms with Gasteiger partial charge in [0, 0.05) is 71.1 Å². The number of nitrogens with zero attached hydrogens (tertiary/aromatic N) is 5. The van der Waals surface area contributed by atoms with Gasteiger partial charge in [0.25, 0.3) is 5.91 Å². The lowest BCUT2D eigenvalue weighted by Crippen LogP contribution is -2.56. The number of aromatic nitrogens is 1. The van der Waals surface area contributed by atoms with Crippen LogP contribution < -0.4 is 25.2 Å². The Kier molecular flexibility index (Phi) is 9.56. The minimum Gasteiger partial charge on any atom is -0.494 e. The molecule has 2 aliphatic carbocycles. The highest BCUT2D eigenvalue weighted by Gasteiger charge is 2.39. The number of benzene rings is 1. The zero-order valence-corrected chi connectivity index (χ0v) is 28.2. The van der Waals surface area contributed by atoms with Crippen molar-refractivity contribution in [1.29, 1.82) is 0 Å². The third-order valence-electron chi connectivity index (χ3n) is 11.0. The zero-order chi connectivity index (χ0) is 32.5. The number of carbonyl (C=O) groups is 2. The van der Waals surface area contributed by atoms with Crippen LogP contribution in [-0.2, 0) is 9.53 Å². The predicted octanol–water partition coefficient (Wildman–Crippen LogP) is 4.25. The summed E-state index contributed by atoms with van der Waals surface area (Å²) in [5, 5.41) is 6.73. The van der Waals surface area contributed by atoms with E-state index in [0.717, 1.165) is 55.9 Å². The highest BCUT2D eigenvalue weighted by molar-refractivity contribution is 6.04. The van der Waals surface area contributed by atoms with Gasteiger partial charge in [-0.2, -0.15) is 0 Å². The molecule has 1 aromatic carbocycles. The van der Waals surface area contributed by atoms with E-state index < -0.39 is 0 Å². The number of rotatable bonds is 9. The largest absolute Gasteiger partial charge is 0.494 e. The fourth-order valence-electron chi connectivity index (χ4n) is 8.11. The lowest BCUT2D eigenvalue weighted by Gasteiger charge is -2.44. The first-order chi connectivity index (χ1) is 22.9. The van der Waals surface area contributed by atoms with Crippen LogP contribution in [0.15, 0.2) is 30.3 Å². The van der Waals surface area contributed by atoms with Gasteiger partial charge in [-0.3, -0.25) is 14.5 Å². The molecule has 2 saturated carbocycles. The first-order valence-electron chi connectivity index (χ1n) is 17.8. The molecule has 1 atom stereocenters. The van der Waals surface area contributed by atoms with E-state index in [0.29, 0.717) is 42.1 Å². The molecular formula is C36H51N7O4. The quantitative estimate of drug-likeness (QED) is 0.415. The second-order valence-electron chi connectivity index (χ2n) is 14.1. The van der Waals surface area contributed by atoms with E-state index in [2.05, 4.69) is 25.3 Å². The van der Waals surface area contributed by atoms with Gasteiger partial charge >= 0.3 is 0 Å². The molecule has 2 aromatic rings.